The van der Waals surface area contributed by atoms with Crippen molar-refractivity contribution in [3.05, 3.63) is 28.8 Å². The molecule has 18 heavy (non-hydrogen) atoms. The van der Waals surface area contributed by atoms with E-state index in [0.29, 0.717) is 36.0 Å². The first-order chi connectivity index (χ1) is 8.67. The van der Waals surface area contributed by atoms with Crippen LogP contribution in [0, 0.1) is 6.92 Å². The largest absolute Gasteiger partial charge is 0.419 e. The summed E-state index contributed by atoms with van der Waals surface area (Å²) in [5.41, 5.74) is 0.902. The SMILES string of the molecule is CCOCc1nc(Cl)cc(Oc2cc(C)[nH]n2)n1. The van der Waals surface area contributed by atoms with Gasteiger partial charge in [0.2, 0.25) is 11.8 Å². The fourth-order valence-electron chi connectivity index (χ4n) is 1.30. The van der Waals surface area contributed by atoms with Crippen molar-refractivity contribution in [2.75, 3.05) is 6.61 Å². The van der Waals surface area contributed by atoms with E-state index in [0.717, 1.165) is 5.69 Å². The summed E-state index contributed by atoms with van der Waals surface area (Å²) in [6, 6.07) is 3.29. The Morgan fingerprint density at radius 1 is 1.28 bits per heavy atom. The van der Waals surface area contributed by atoms with Crippen molar-refractivity contribution in [3.63, 3.8) is 0 Å². The Labute approximate surface area is 109 Å². The van der Waals surface area contributed by atoms with Gasteiger partial charge in [-0.1, -0.05) is 11.6 Å². The standard InChI is InChI=1S/C11H13ClN4O2/c1-3-17-6-9-13-8(12)5-10(14-9)18-11-4-7(2)15-16-11/h4-5H,3,6H2,1-2H3,(H,15,16). The van der Waals surface area contributed by atoms with Crippen LogP contribution >= 0.6 is 11.6 Å². The number of hydrogen-bond acceptors (Lipinski definition) is 5. The third-order valence-electron chi connectivity index (χ3n) is 2.04. The molecule has 0 aliphatic carbocycles. The fraction of sp³-hybridized carbons (Fsp3) is 0.364. The second kappa shape index (κ2) is 5.79. The number of hydrogen-bond donors (Lipinski definition) is 1. The summed E-state index contributed by atoms with van der Waals surface area (Å²) < 4.78 is 10.7. The number of nitrogens with zero attached hydrogens (tertiary/aromatic N) is 3. The molecule has 0 bridgehead atoms. The Hall–Kier alpha value is -1.66. The Balaban J connectivity index is 2.14. The Kier molecular flexibility index (Phi) is 4.11. The summed E-state index contributed by atoms with van der Waals surface area (Å²) in [5.74, 6) is 1.26. The van der Waals surface area contributed by atoms with Crippen LogP contribution in [0.4, 0.5) is 0 Å². The van der Waals surface area contributed by atoms with E-state index < -0.39 is 0 Å². The number of nitrogens with one attached hydrogen (secondary N) is 1. The summed E-state index contributed by atoms with van der Waals surface area (Å²) >= 11 is 5.89. The van der Waals surface area contributed by atoms with Crippen LogP contribution in [0.5, 0.6) is 11.8 Å². The maximum Gasteiger partial charge on any atom is 0.240 e. The molecule has 0 radical (unpaired) electrons. The van der Waals surface area contributed by atoms with Gasteiger partial charge in [-0.3, -0.25) is 5.10 Å². The summed E-state index contributed by atoms with van der Waals surface area (Å²) in [4.78, 5) is 8.22. The minimum absolute atomic E-state index is 0.299. The van der Waals surface area contributed by atoms with Crippen molar-refractivity contribution in [2.24, 2.45) is 0 Å². The highest BCUT2D eigenvalue weighted by Crippen LogP contribution is 2.20. The van der Waals surface area contributed by atoms with Crippen LogP contribution < -0.4 is 4.74 Å². The molecule has 0 atom stereocenters. The van der Waals surface area contributed by atoms with Gasteiger partial charge in [-0.05, 0) is 13.8 Å². The van der Waals surface area contributed by atoms with Gasteiger partial charge >= 0.3 is 0 Å². The van der Waals surface area contributed by atoms with Gasteiger partial charge in [0.25, 0.3) is 0 Å². The number of halogens is 1. The molecule has 0 aromatic carbocycles. The maximum atomic E-state index is 5.89. The average molecular weight is 269 g/mol. The predicted molar refractivity (Wildman–Crippen MR) is 65.8 cm³/mol. The summed E-state index contributed by atoms with van der Waals surface area (Å²) in [6.45, 7) is 4.67. The minimum atomic E-state index is 0.299. The summed E-state index contributed by atoms with van der Waals surface area (Å²) in [7, 11) is 0. The van der Waals surface area contributed by atoms with Crippen LogP contribution in [0.1, 0.15) is 18.4 Å². The smallest absolute Gasteiger partial charge is 0.240 e. The van der Waals surface area contributed by atoms with Crippen LogP contribution in [-0.2, 0) is 11.3 Å². The molecule has 2 aromatic heterocycles. The number of aryl methyl sites for hydroxylation is 1. The third kappa shape index (κ3) is 3.41. The van der Waals surface area contributed by atoms with E-state index in [1.807, 2.05) is 13.8 Å². The van der Waals surface area contributed by atoms with Gasteiger partial charge in [-0.25, -0.2) is 4.98 Å². The molecule has 7 heteroatoms. The summed E-state index contributed by atoms with van der Waals surface area (Å²) in [5, 5.41) is 7.03. The van der Waals surface area contributed by atoms with Crippen molar-refractivity contribution < 1.29 is 9.47 Å². The molecule has 6 nitrogen and oxygen atoms in total. The molecule has 0 aliphatic rings. The van der Waals surface area contributed by atoms with E-state index in [-0.39, 0.29) is 0 Å². The van der Waals surface area contributed by atoms with Crippen LogP contribution in [0.2, 0.25) is 5.15 Å². The second-order valence-electron chi connectivity index (χ2n) is 3.57. The zero-order valence-electron chi connectivity index (χ0n) is 10.1. The van der Waals surface area contributed by atoms with E-state index >= 15 is 0 Å². The lowest BCUT2D eigenvalue weighted by molar-refractivity contribution is 0.127. The van der Waals surface area contributed by atoms with Crippen LogP contribution in [0.25, 0.3) is 0 Å². The normalized spacial score (nSPS) is 10.6. The van der Waals surface area contributed by atoms with Gasteiger partial charge in [0.15, 0.2) is 5.82 Å². The van der Waals surface area contributed by atoms with Crippen molar-refractivity contribution in [2.45, 2.75) is 20.5 Å². The molecule has 0 fully saturated rings. The number of ether oxygens (including phenoxy) is 2. The molecule has 0 amide bonds. The topological polar surface area (TPSA) is 72.9 Å². The molecule has 1 N–H and O–H groups in total. The third-order valence-corrected chi connectivity index (χ3v) is 2.24. The lowest BCUT2D eigenvalue weighted by Gasteiger charge is -2.04. The maximum absolute atomic E-state index is 5.89. The number of aromatic amines is 1. The first-order valence-corrected chi connectivity index (χ1v) is 5.86. The average Bonchev–Trinajstić information content (AvgIpc) is 2.71. The van der Waals surface area contributed by atoms with Crippen molar-refractivity contribution in [1.82, 2.24) is 20.2 Å². The highest BCUT2D eigenvalue weighted by molar-refractivity contribution is 6.29. The van der Waals surface area contributed by atoms with Gasteiger partial charge in [-0.15, -0.1) is 5.10 Å². The highest BCUT2D eigenvalue weighted by atomic mass is 35.5. The van der Waals surface area contributed by atoms with Gasteiger partial charge < -0.3 is 9.47 Å². The molecular formula is C11H13ClN4O2. The van der Waals surface area contributed by atoms with Crippen molar-refractivity contribution >= 4 is 11.6 Å². The molecule has 2 heterocycles. The monoisotopic (exact) mass is 268 g/mol. The summed E-state index contributed by atoms with van der Waals surface area (Å²) in [6.07, 6.45) is 0. The minimum Gasteiger partial charge on any atom is -0.419 e. The predicted octanol–water partition coefficient (Wildman–Crippen LogP) is 2.49. The van der Waals surface area contributed by atoms with Crippen LogP contribution in [0.15, 0.2) is 12.1 Å². The molecular weight excluding hydrogens is 256 g/mol. The molecule has 0 aliphatic heterocycles. The zero-order valence-corrected chi connectivity index (χ0v) is 10.9. The lowest BCUT2D eigenvalue weighted by Crippen LogP contribution is -2.01. The lowest BCUT2D eigenvalue weighted by atomic mass is 10.5. The van der Waals surface area contributed by atoms with E-state index in [1.165, 1.54) is 6.07 Å². The molecule has 2 rings (SSSR count). The highest BCUT2D eigenvalue weighted by Gasteiger charge is 2.07. The van der Waals surface area contributed by atoms with Crippen molar-refractivity contribution in [3.8, 4) is 11.8 Å². The molecule has 0 saturated carbocycles. The van der Waals surface area contributed by atoms with E-state index in [4.69, 9.17) is 21.1 Å². The second-order valence-corrected chi connectivity index (χ2v) is 3.96. The number of aromatic nitrogens is 4. The first-order valence-electron chi connectivity index (χ1n) is 5.48. The van der Waals surface area contributed by atoms with E-state index in [2.05, 4.69) is 20.2 Å². The zero-order chi connectivity index (χ0) is 13.0. The van der Waals surface area contributed by atoms with Gasteiger partial charge in [0, 0.05) is 24.4 Å². The molecule has 0 unspecified atom stereocenters. The first kappa shape index (κ1) is 12.8. The molecule has 2 aromatic rings. The van der Waals surface area contributed by atoms with Crippen LogP contribution in [-0.4, -0.2) is 26.8 Å². The molecule has 0 spiro atoms. The molecule has 96 valence electrons. The number of rotatable bonds is 5. The molecule has 0 saturated heterocycles. The van der Waals surface area contributed by atoms with Crippen molar-refractivity contribution in [1.29, 1.82) is 0 Å². The van der Waals surface area contributed by atoms with Crippen LogP contribution in [0.3, 0.4) is 0 Å². The van der Waals surface area contributed by atoms with Gasteiger partial charge in [-0.2, -0.15) is 4.98 Å². The fourth-order valence-corrected chi connectivity index (χ4v) is 1.50. The van der Waals surface area contributed by atoms with Gasteiger partial charge in [0.1, 0.15) is 11.8 Å². The Bertz CT molecular complexity index is 530. The quantitative estimate of drug-likeness (QED) is 0.844. The Morgan fingerprint density at radius 3 is 2.78 bits per heavy atom. The Morgan fingerprint density at radius 2 is 2.11 bits per heavy atom. The van der Waals surface area contributed by atoms with E-state index in [9.17, 15) is 0 Å². The van der Waals surface area contributed by atoms with E-state index in [1.54, 1.807) is 6.07 Å². The van der Waals surface area contributed by atoms with Gasteiger partial charge in [0.05, 0.1) is 0 Å². The number of H-pyrrole nitrogens is 1.